The van der Waals surface area contributed by atoms with E-state index in [9.17, 15) is 9.59 Å². The smallest absolute Gasteiger partial charge is 0.323 e. The SMILES string of the molecule is C=C1NC(=O)NC(C(=O)NCC2CCc3cccc(OCc4ccccc4)c3C2)=C1N. The van der Waals surface area contributed by atoms with Crippen LogP contribution in [0.3, 0.4) is 0 Å². The van der Waals surface area contributed by atoms with E-state index in [1.165, 1.54) is 11.1 Å². The highest BCUT2D eigenvalue weighted by Crippen LogP contribution is 2.32. The van der Waals surface area contributed by atoms with Crippen molar-refractivity contribution >= 4 is 11.9 Å². The Bertz CT molecular complexity index is 1050. The second-order valence-electron chi connectivity index (χ2n) is 7.83. The fourth-order valence-corrected chi connectivity index (χ4v) is 3.94. The minimum atomic E-state index is -0.517. The molecule has 0 saturated heterocycles. The molecule has 0 radical (unpaired) electrons. The number of nitrogens with two attached hydrogens (primary N) is 1. The van der Waals surface area contributed by atoms with E-state index in [1.54, 1.807) is 0 Å². The van der Waals surface area contributed by atoms with Gasteiger partial charge in [0.05, 0.1) is 11.4 Å². The molecule has 2 aliphatic rings. The van der Waals surface area contributed by atoms with Gasteiger partial charge < -0.3 is 26.4 Å². The third kappa shape index (κ3) is 4.71. The lowest BCUT2D eigenvalue weighted by Crippen LogP contribution is -2.47. The Morgan fingerprint density at radius 3 is 2.77 bits per heavy atom. The highest BCUT2D eigenvalue weighted by molar-refractivity contribution is 6.00. The monoisotopic (exact) mass is 418 g/mol. The summed E-state index contributed by atoms with van der Waals surface area (Å²) in [6.45, 7) is 4.66. The number of hydrogen-bond acceptors (Lipinski definition) is 4. The van der Waals surface area contributed by atoms with Gasteiger partial charge in [-0.1, -0.05) is 49.0 Å². The van der Waals surface area contributed by atoms with Gasteiger partial charge in [-0.25, -0.2) is 4.79 Å². The fraction of sp³-hybridized carbons (Fsp3) is 0.250. The number of urea groups is 1. The molecule has 1 heterocycles. The van der Waals surface area contributed by atoms with Crippen molar-refractivity contribution < 1.29 is 14.3 Å². The number of aryl methyl sites for hydroxylation is 1. The van der Waals surface area contributed by atoms with Crippen LogP contribution in [0.2, 0.25) is 0 Å². The van der Waals surface area contributed by atoms with Crippen LogP contribution in [0.1, 0.15) is 23.1 Å². The topological polar surface area (TPSA) is 105 Å². The first kappa shape index (κ1) is 20.5. The summed E-state index contributed by atoms with van der Waals surface area (Å²) in [5, 5.41) is 7.79. The average Bonchev–Trinajstić information content (AvgIpc) is 2.79. The molecule has 1 aliphatic heterocycles. The molecule has 2 aromatic carbocycles. The molecular formula is C24H26N4O3. The normalized spacial score (nSPS) is 18.0. The maximum atomic E-state index is 12.6. The minimum Gasteiger partial charge on any atom is -0.489 e. The molecule has 0 fully saturated rings. The maximum Gasteiger partial charge on any atom is 0.323 e. The molecular weight excluding hydrogens is 392 g/mol. The van der Waals surface area contributed by atoms with E-state index >= 15 is 0 Å². The number of amides is 3. The maximum absolute atomic E-state index is 12.6. The van der Waals surface area contributed by atoms with E-state index in [2.05, 4.69) is 28.6 Å². The highest BCUT2D eigenvalue weighted by Gasteiger charge is 2.26. The zero-order valence-electron chi connectivity index (χ0n) is 17.2. The van der Waals surface area contributed by atoms with E-state index in [4.69, 9.17) is 10.5 Å². The van der Waals surface area contributed by atoms with Crippen LogP contribution in [-0.4, -0.2) is 18.5 Å². The molecule has 1 aliphatic carbocycles. The molecule has 31 heavy (non-hydrogen) atoms. The summed E-state index contributed by atoms with van der Waals surface area (Å²) in [6.07, 6.45) is 2.71. The summed E-state index contributed by atoms with van der Waals surface area (Å²) in [6, 6.07) is 15.7. The number of ether oxygens (including phenoxy) is 1. The van der Waals surface area contributed by atoms with Crippen LogP contribution in [0.15, 0.2) is 72.2 Å². The van der Waals surface area contributed by atoms with Crippen molar-refractivity contribution in [2.75, 3.05) is 6.54 Å². The summed E-state index contributed by atoms with van der Waals surface area (Å²) < 4.78 is 6.12. The highest BCUT2D eigenvalue weighted by atomic mass is 16.5. The number of hydrogen-bond donors (Lipinski definition) is 4. The van der Waals surface area contributed by atoms with Crippen molar-refractivity contribution in [2.45, 2.75) is 25.9 Å². The summed E-state index contributed by atoms with van der Waals surface area (Å²) in [4.78, 5) is 24.2. The van der Waals surface area contributed by atoms with Gasteiger partial charge in [0.25, 0.3) is 5.91 Å². The van der Waals surface area contributed by atoms with E-state index in [1.807, 2.05) is 42.5 Å². The standard InChI is InChI=1S/C24H26N4O3/c1-15-21(25)22(28-24(30)27-15)23(29)26-13-17-10-11-18-8-5-9-20(19(18)12-17)31-14-16-6-3-2-4-7-16/h2-9,17H,1,10-14,25H2,(H,26,29)(H2,27,28,30). The molecule has 0 bridgehead atoms. The van der Waals surface area contributed by atoms with E-state index < -0.39 is 11.9 Å². The van der Waals surface area contributed by atoms with Crippen molar-refractivity contribution in [2.24, 2.45) is 11.7 Å². The lowest BCUT2D eigenvalue weighted by Gasteiger charge is -2.27. The largest absolute Gasteiger partial charge is 0.489 e. The van der Waals surface area contributed by atoms with Gasteiger partial charge in [-0.3, -0.25) is 4.79 Å². The van der Waals surface area contributed by atoms with Crippen LogP contribution >= 0.6 is 0 Å². The van der Waals surface area contributed by atoms with Crippen LogP contribution in [0, 0.1) is 5.92 Å². The van der Waals surface area contributed by atoms with Gasteiger partial charge in [0.2, 0.25) is 0 Å². The van der Waals surface area contributed by atoms with Gasteiger partial charge in [0, 0.05) is 6.54 Å². The number of benzene rings is 2. The van der Waals surface area contributed by atoms with Crippen molar-refractivity contribution in [1.82, 2.24) is 16.0 Å². The van der Waals surface area contributed by atoms with Gasteiger partial charge in [-0.15, -0.1) is 0 Å². The molecule has 7 heteroatoms. The zero-order chi connectivity index (χ0) is 21.8. The average molecular weight is 418 g/mol. The molecule has 5 N–H and O–H groups in total. The summed E-state index contributed by atoms with van der Waals surface area (Å²) in [5.41, 5.74) is 9.90. The molecule has 7 nitrogen and oxygen atoms in total. The fourth-order valence-electron chi connectivity index (χ4n) is 3.94. The Hall–Kier alpha value is -3.74. The minimum absolute atomic E-state index is 0.0387. The van der Waals surface area contributed by atoms with E-state index in [0.29, 0.717) is 13.2 Å². The lowest BCUT2D eigenvalue weighted by atomic mass is 9.83. The first-order chi connectivity index (χ1) is 15.0. The van der Waals surface area contributed by atoms with Crippen molar-refractivity contribution in [1.29, 1.82) is 0 Å². The number of fused-ring (bicyclic) bond motifs is 1. The van der Waals surface area contributed by atoms with Crippen LogP contribution in [0.4, 0.5) is 4.79 Å². The summed E-state index contributed by atoms with van der Waals surface area (Å²) in [7, 11) is 0. The summed E-state index contributed by atoms with van der Waals surface area (Å²) >= 11 is 0. The predicted octanol–water partition coefficient (Wildman–Crippen LogP) is 2.48. The Morgan fingerprint density at radius 1 is 1.16 bits per heavy atom. The first-order valence-electron chi connectivity index (χ1n) is 10.3. The molecule has 4 rings (SSSR count). The third-order valence-electron chi connectivity index (χ3n) is 5.66. The number of carbonyl (C=O) groups is 2. The Balaban J connectivity index is 1.39. The Labute approximate surface area is 181 Å². The number of carbonyl (C=O) groups excluding carboxylic acids is 2. The van der Waals surface area contributed by atoms with E-state index in [-0.39, 0.29) is 23.0 Å². The molecule has 1 unspecified atom stereocenters. The molecule has 3 amide bonds. The molecule has 0 saturated carbocycles. The molecule has 0 aromatic heterocycles. The molecule has 2 aromatic rings. The Kier molecular flexibility index (Phi) is 5.93. The summed E-state index contributed by atoms with van der Waals surface area (Å²) in [5.74, 6) is 0.750. The van der Waals surface area contributed by atoms with Crippen LogP contribution in [-0.2, 0) is 24.2 Å². The second-order valence-corrected chi connectivity index (χ2v) is 7.83. The lowest BCUT2D eigenvalue weighted by molar-refractivity contribution is -0.118. The number of rotatable bonds is 6. The quantitative estimate of drug-likeness (QED) is 0.578. The van der Waals surface area contributed by atoms with Crippen LogP contribution < -0.4 is 26.4 Å². The number of nitrogens with one attached hydrogen (secondary N) is 3. The van der Waals surface area contributed by atoms with Crippen LogP contribution in [0.25, 0.3) is 0 Å². The van der Waals surface area contributed by atoms with Crippen molar-refractivity contribution in [3.8, 4) is 5.75 Å². The first-order valence-corrected chi connectivity index (χ1v) is 10.3. The predicted molar refractivity (Wildman–Crippen MR) is 118 cm³/mol. The molecule has 160 valence electrons. The van der Waals surface area contributed by atoms with Gasteiger partial charge in [0.1, 0.15) is 18.1 Å². The molecule has 1 atom stereocenters. The third-order valence-corrected chi connectivity index (χ3v) is 5.66. The second kappa shape index (κ2) is 8.95. The van der Waals surface area contributed by atoms with Gasteiger partial charge in [-0.05, 0) is 47.9 Å². The zero-order valence-corrected chi connectivity index (χ0v) is 17.2. The Morgan fingerprint density at radius 2 is 1.97 bits per heavy atom. The van der Waals surface area contributed by atoms with Gasteiger partial charge in [0.15, 0.2) is 0 Å². The van der Waals surface area contributed by atoms with Crippen molar-refractivity contribution in [3.05, 3.63) is 88.9 Å². The van der Waals surface area contributed by atoms with E-state index in [0.717, 1.165) is 30.6 Å². The molecule has 0 spiro atoms. The van der Waals surface area contributed by atoms with Crippen LogP contribution in [0.5, 0.6) is 5.75 Å². The van der Waals surface area contributed by atoms with Gasteiger partial charge >= 0.3 is 6.03 Å². The van der Waals surface area contributed by atoms with Crippen molar-refractivity contribution in [3.63, 3.8) is 0 Å². The van der Waals surface area contributed by atoms with Gasteiger partial charge in [-0.2, -0.15) is 0 Å².